The normalized spacial score (nSPS) is 11.0. The maximum atomic E-state index is 11.9. The van der Waals surface area contributed by atoms with E-state index in [-0.39, 0.29) is 11.4 Å². The fourth-order valence-corrected chi connectivity index (χ4v) is 2.21. The van der Waals surface area contributed by atoms with E-state index in [0.717, 1.165) is 17.9 Å². The second kappa shape index (κ2) is 8.39. The largest absolute Gasteiger partial charge is 0.494 e. The first-order chi connectivity index (χ1) is 11.4. The van der Waals surface area contributed by atoms with Crippen LogP contribution in [0.15, 0.2) is 54.6 Å². The van der Waals surface area contributed by atoms with Gasteiger partial charge in [0, 0.05) is 12.2 Å². The number of ether oxygens (including phenoxy) is 1. The Kier molecular flexibility index (Phi) is 6.24. The van der Waals surface area contributed by atoms with Crippen molar-refractivity contribution in [3.8, 4) is 5.75 Å². The van der Waals surface area contributed by atoms with Crippen molar-refractivity contribution in [2.75, 3.05) is 18.5 Å². The second-order valence-corrected chi connectivity index (χ2v) is 6.72. The van der Waals surface area contributed by atoms with Crippen molar-refractivity contribution in [1.29, 1.82) is 0 Å². The summed E-state index contributed by atoms with van der Waals surface area (Å²) >= 11 is 0. The van der Waals surface area contributed by atoms with Crippen LogP contribution in [0.4, 0.5) is 10.5 Å². The molecule has 0 aromatic heterocycles. The highest BCUT2D eigenvalue weighted by atomic mass is 16.5. The van der Waals surface area contributed by atoms with E-state index in [1.165, 1.54) is 5.56 Å². The van der Waals surface area contributed by atoms with E-state index in [1.807, 2.05) is 54.6 Å². The number of carbonyl (C=O) groups is 1. The number of rotatable bonds is 6. The molecule has 0 aliphatic heterocycles. The third kappa shape index (κ3) is 5.95. The predicted molar refractivity (Wildman–Crippen MR) is 98.7 cm³/mol. The molecule has 0 aliphatic rings. The highest BCUT2D eigenvalue weighted by molar-refractivity contribution is 5.89. The average Bonchev–Trinajstić information content (AvgIpc) is 2.55. The molecule has 0 atom stereocenters. The molecule has 2 rings (SSSR count). The molecule has 0 bridgehead atoms. The van der Waals surface area contributed by atoms with E-state index >= 15 is 0 Å². The van der Waals surface area contributed by atoms with E-state index in [0.29, 0.717) is 13.2 Å². The van der Waals surface area contributed by atoms with Gasteiger partial charge in [0.25, 0.3) is 0 Å². The van der Waals surface area contributed by atoms with Crippen LogP contribution >= 0.6 is 0 Å². The Hall–Kier alpha value is -2.49. The standard InChI is InChI=1S/C20H26N2O2/c1-20(2,3)16-10-12-17(13-11-16)22-19(23)21-14-7-15-24-18-8-5-4-6-9-18/h4-6,8-13H,7,14-15H2,1-3H3,(H2,21,22,23). The Morgan fingerprint density at radius 1 is 1.00 bits per heavy atom. The number of amides is 2. The van der Waals surface area contributed by atoms with Crippen LogP contribution in [-0.4, -0.2) is 19.2 Å². The van der Waals surface area contributed by atoms with Crippen molar-refractivity contribution in [2.24, 2.45) is 0 Å². The van der Waals surface area contributed by atoms with Crippen LogP contribution in [0.25, 0.3) is 0 Å². The third-order valence-electron chi connectivity index (χ3n) is 3.63. The van der Waals surface area contributed by atoms with Crippen LogP contribution in [0.3, 0.4) is 0 Å². The summed E-state index contributed by atoms with van der Waals surface area (Å²) in [6.45, 7) is 7.64. The van der Waals surface area contributed by atoms with Gasteiger partial charge in [0.2, 0.25) is 0 Å². The highest BCUT2D eigenvalue weighted by Gasteiger charge is 2.13. The van der Waals surface area contributed by atoms with Gasteiger partial charge in [0.15, 0.2) is 0 Å². The zero-order valence-corrected chi connectivity index (χ0v) is 14.6. The molecule has 0 heterocycles. The van der Waals surface area contributed by atoms with Crippen LogP contribution in [0.1, 0.15) is 32.8 Å². The number of nitrogens with one attached hydrogen (secondary N) is 2. The van der Waals surface area contributed by atoms with Crippen molar-refractivity contribution in [2.45, 2.75) is 32.6 Å². The molecule has 0 saturated carbocycles. The summed E-state index contributed by atoms with van der Waals surface area (Å²) in [6.07, 6.45) is 0.755. The van der Waals surface area contributed by atoms with Gasteiger partial charge in [-0.25, -0.2) is 4.79 Å². The average molecular weight is 326 g/mol. The molecule has 2 N–H and O–H groups in total. The van der Waals surface area contributed by atoms with Gasteiger partial charge < -0.3 is 15.4 Å². The number of carbonyl (C=O) groups excluding carboxylic acids is 1. The summed E-state index contributed by atoms with van der Waals surface area (Å²) in [7, 11) is 0. The lowest BCUT2D eigenvalue weighted by atomic mass is 9.87. The van der Waals surface area contributed by atoms with Crippen LogP contribution in [0, 0.1) is 0 Å². The Labute approximate surface area is 144 Å². The first-order valence-electron chi connectivity index (χ1n) is 8.28. The molecule has 4 nitrogen and oxygen atoms in total. The number of hydrogen-bond donors (Lipinski definition) is 2. The number of benzene rings is 2. The quantitative estimate of drug-likeness (QED) is 0.764. The van der Waals surface area contributed by atoms with E-state index in [1.54, 1.807) is 0 Å². The van der Waals surface area contributed by atoms with Crippen molar-refractivity contribution in [3.05, 3.63) is 60.2 Å². The number of para-hydroxylation sites is 1. The monoisotopic (exact) mass is 326 g/mol. The molecular weight excluding hydrogens is 300 g/mol. The molecule has 0 saturated heterocycles. The lowest BCUT2D eigenvalue weighted by Crippen LogP contribution is -2.30. The van der Waals surface area contributed by atoms with Gasteiger partial charge in [-0.1, -0.05) is 51.1 Å². The molecule has 0 spiro atoms. The van der Waals surface area contributed by atoms with E-state index in [4.69, 9.17) is 4.74 Å². The third-order valence-corrected chi connectivity index (χ3v) is 3.63. The number of anilines is 1. The van der Waals surface area contributed by atoms with Crippen molar-refractivity contribution in [3.63, 3.8) is 0 Å². The minimum Gasteiger partial charge on any atom is -0.494 e. The zero-order valence-electron chi connectivity index (χ0n) is 14.6. The smallest absolute Gasteiger partial charge is 0.319 e. The van der Waals surface area contributed by atoms with E-state index < -0.39 is 0 Å². The van der Waals surface area contributed by atoms with Gasteiger partial charge in [-0.2, -0.15) is 0 Å². The summed E-state index contributed by atoms with van der Waals surface area (Å²) < 4.78 is 5.58. The molecule has 0 fully saturated rings. The molecule has 2 aromatic carbocycles. The van der Waals surface area contributed by atoms with Crippen LogP contribution in [0.5, 0.6) is 5.75 Å². The van der Waals surface area contributed by atoms with Gasteiger partial charge in [-0.15, -0.1) is 0 Å². The SMILES string of the molecule is CC(C)(C)c1ccc(NC(=O)NCCCOc2ccccc2)cc1. The summed E-state index contributed by atoms with van der Waals surface area (Å²) in [4.78, 5) is 11.9. The summed E-state index contributed by atoms with van der Waals surface area (Å²) in [5.41, 5.74) is 2.15. The highest BCUT2D eigenvalue weighted by Crippen LogP contribution is 2.23. The van der Waals surface area contributed by atoms with Gasteiger partial charge in [0.05, 0.1) is 6.61 Å². The van der Waals surface area contributed by atoms with Gasteiger partial charge in [-0.05, 0) is 41.7 Å². The molecule has 24 heavy (non-hydrogen) atoms. The van der Waals surface area contributed by atoms with E-state index in [2.05, 4.69) is 31.4 Å². The van der Waals surface area contributed by atoms with Crippen molar-refractivity contribution >= 4 is 11.7 Å². The Balaban J connectivity index is 1.66. The lowest BCUT2D eigenvalue weighted by Gasteiger charge is -2.19. The molecular formula is C20H26N2O2. The summed E-state index contributed by atoms with van der Waals surface area (Å²) in [5.74, 6) is 0.848. The first-order valence-corrected chi connectivity index (χ1v) is 8.28. The van der Waals surface area contributed by atoms with Crippen molar-refractivity contribution in [1.82, 2.24) is 5.32 Å². The zero-order chi connectivity index (χ0) is 17.4. The first kappa shape index (κ1) is 17.9. The Morgan fingerprint density at radius 2 is 1.67 bits per heavy atom. The van der Waals surface area contributed by atoms with Crippen molar-refractivity contribution < 1.29 is 9.53 Å². The fraction of sp³-hybridized carbons (Fsp3) is 0.350. The predicted octanol–water partition coefficient (Wildman–Crippen LogP) is 4.57. The van der Waals surface area contributed by atoms with Gasteiger partial charge >= 0.3 is 6.03 Å². The Bertz CT molecular complexity index is 631. The second-order valence-electron chi connectivity index (χ2n) is 6.72. The van der Waals surface area contributed by atoms with Crippen LogP contribution < -0.4 is 15.4 Å². The number of urea groups is 1. The molecule has 2 aromatic rings. The van der Waals surface area contributed by atoms with Crippen LogP contribution in [0.2, 0.25) is 0 Å². The molecule has 2 amide bonds. The van der Waals surface area contributed by atoms with Crippen LogP contribution in [-0.2, 0) is 5.41 Å². The fourth-order valence-electron chi connectivity index (χ4n) is 2.21. The molecule has 0 unspecified atom stereocenters. The Morgan fingerprint density at radius 3 is 2.29 bits per heavy atom. The maximum absolute atomic E-state index is 11.9. The number of hydrogen-bond acceptors (Lipinski definition) is 2. The summed E-state index contributed by atoms with van der Waals surface area (Å²) in [5, 5.41) is 5.67. The van der Waals surface area contributed by atoms with Gasteiger partial charge in [-0.3, -0.25) is 0 Å². The molecule has 128 valence electrons. The molecule has 4 heteroatoms. The molecule has 0 radical (unpaired) electrons. The van der Waals surface area contributed by atoms with Gasteiger partial charge in [0.1, 0.15) is 5.75 Å². The topological polar surface area (TPSA) is 50.4 Å². The summed E-state index contributed by atoms with van der Waals surface area (Å²) in [6, 6.07) is 17.4. The minimum absolute atomic E-state index is 0.111. The molecule has 0 aliphatic carbocycles. The maximum Gasteiger partial charge on any atom is 0.319 e. The minimum atomic E-state index is -0.196. The lowest BCUT2D eigenvalue weighted by molar-refractivity contribution is 0.250. The van der Waals surface area contributed by atoms with E-state index in [9.17, 15) is 4.79 Å².